The van der Waals surface area contributed by atoms with Crippen LogP contribution in [0, 0.1) is 19.8 Å². The van der Waals surface area contributed by atoms with Crippen LogP contribution in [0.15, 0.2) is 18.2 Å². The second-order valence-corrected chi connectivity index (χ2v) is 6.25. The Morgan fingerprint density at radius 2 is 1.68 bits per heavy atom. The number of benzene rings is 1. The van der Waals surface area contributed by atoms with Crippen molar-refractivity contribution in [2.75, 3.05) is 20.6 Å². The lowest BCUT2D eigenvalue weighted by molar-refractivity contribution is 0.220. The molecule has 108 valence electrons. The summed E-state index contributed by atoms with van der Waals surface area (Å²) in [6.45, 7) is 12.2. The van der Waals surface area contributed by atoms with Gasteiger partial charge in [0.25, 0.3) is 0 Å². The molecule has 0 aliphatic rings. The standard InChI is InChI=1S/C17H30N2/c1-12(2)17(19(6)7)11-18-15(5)16-9-8-13(3)14(4)10-16/h8-10,12,15,17-18H,11H2,1-7H3. The molecule has 2 nitrogen and oxygen atoms in total. The summed E-state index contributed by atoms with van der Waals surface area (Å²) in [5, 5.41) is 3.67. The van der Waals surface area contributed by atoms with Gasteiger partial charge in [-0.25, -0.2) is 0 Å². The third kappa shape index (κ3) is 4.63. The molecule has 0 saturated carbocycles. The minimum absolute atomic E-state index is 0.403. The van der Waals surface area contributed by atoms with E-state index in [2.05, 4.69) is 77.1 Å². The highest BCUT2D eigenvalue weighted by Gasteiger charge is 2.16. The molecule has 0 heterocycles. The first-order chi connectivity index (χ1) is 8.82. The molecule has 0 aliphatic carbocycles. The van der Waals surface area contributed by atoms with E-state index >= 15 is 0 Å². The van der Waals surface area contributed by atoms with Crippen LogP contribution in [0.5, 0.6) is 0 Å². The number of hydrogen-bond acceptors (Lipinski definition) is 2. The molecule has 0 saturated heterocycles. The molecule has 2 atom stereocenters. The molecule has 0 bridgehead atoms. The van der Waals surface area contributed by atoms with E-state index in [0.29, 0.717) is 18.0 Å². The summed E-state index contributed by atoms with van der Waals surface area (Å²) >= 11 is 0. The van der Waals surface area contributed by atoms with E-state index < -0.39 is 0 Å². The van der Waals surface area contributed by atoms with Gasteiger partial charge in [-0.3, -0.25) is 0 Å². The maximum Gasteiger partial charge on any atom is 0.0292 e. The van der Waals surface area contributed by atoms with Gasteiger partial charge < -0.3 is 10.2 Å². The van der Waals surface area contributed by atoms with Crippen molar-refractivity contribution in [2.24, 2.45) is 5.92 Å². The van der Waals surface area contributed by atoms with E-state index in [0.717, 1.165) is 6.54 Å². The first-order valence-electron chi connectivity index (χ1n) is 7.30. The van der Waals surface area contributed by atoms with Crippen molar-refractivity contribution < 1.29 is 0 Å². The lowest BCUT2D eigenvalue weighted by atomic mass is 10.00. The molecule has 1 rings (SSSR count). The van der Waals surface area contributed by atoms with Crippen molar-refractivity contribution in [3.63, 3.8) is 0 Å². The molecule has 0 spiro atoms. The van der Waals surface area contributed by atoms with Crippen molar-refractivity contribution in [1.82, 2.24) is 10.2 Å². The lowest BCUT2D eigenvalue weighted by Crippen LogP contribution is -2.42. The van der Waals surface area contributed by atoms with Gasteiger partial charge >= 0.3 is 0 Å². The van der Waals surface area contributed by atoms with Gasteiger partial charge in [0.05, 0.1) is 0 Å². The van der Waals surface area contributed by atoms with Crippen LogP contribution in [0.2, 0.25) is 0 Å². The van der Waals surface area contributed by atoms with E-state index in [1.54, 1.807) is 0 Å². The van der Waals surface area contributed by atoms with Crippen molar-refractivity contribution in [3.8, 4) is 0 Å². The monoisotopic (exact) mass is 262 g/mol. The Hall–Kier alpha value is -0.860. The molecule has 0 fully saturated rings. The fourth-order valence-electron chi connectivity index (χ4n) is 2.46. The zero-order valence-corrected chi connectivity index (χ0v) is 13.6. The van der Waals surface area contributed by atoms with Gasteiger partial charge in [-0.05, 0) is 57.5 Å². The first kappa shape index (κ1) is 16.2. The van der Waals surface area contributed by atoms with Gasteiger partial charge in [-0.15, -0.1) is 0 Å². The van der Waals surface area contributed by atoms with E-state index in [1.165, 1.54) is 16.7 Å². The van der Waals surface area contributed by atoms with Gasteiger partial charge in [-0.1, -0.05) is 32.0 Å². The van der Waals surface area contributed by atoms with Gasteiger partial charge in [0.15, 0.2) is 0 Å². The van der Waals surface area contributed by atoms with Crippen LogP contribution in [-0.2, 0) is 0 Å². The highest BCUT2D eigenvalue weighted by atomic mass is 15.1. The van der Waals surface area contributed by atoms with Crippen molar-refractivity contribution in [2.45, 2.75) is 46.7 Å². The van der Waals surface area contributed by atoms with Crippen LogP contribution in [0.4, 0.5) is 0 Å². The Kier molecular flexibility index (Phi) is 6.02. The Bertz CT molecular complexity index is 388. The van der Waals surface area contributed by atoms with E-state index in [9.17, 15) is 0 Å². The molecule has 0 aliphatic heterocycles. The summed E-state index contributed by atoms with van der Waals surface area (Å²) in [4.78, 5) is 2.31. The molecule has 0 aromatic heterocycles. The number of hydrogen-bond donors (Lipinski definition) is 1. The number of likely N-dealkylation sites (N-methyl/N-ethyl adjacent to an activating group) is 1. The normalized spacial score (nSPS) is 15.0. The van der Waals surface area contributed by atoms with Gasteiger partial charge in [0.2, 0.25) is 0 Å². The molecule has 0 radical (unpaired) electrons. The van der Waals surface area contributed by atoms with Crippen molar-refractivity contribution in [3.05, 3.63) is 34.9 Å². The highest BCUT2D eigenvalue weighted by Crippen LogP contribution is 2.17. The van der Waals surface area contributed by atoms with Gasteiger partial charge in [0, 0.05) is 18.6 Å². The van der Waals surface area contributed by atoms with Crippen molar-refractivity contribution in [1.29, 1.82) is 0 Å². The van der Waals surface area contributed by atoms with Crippen LogP contribution in [-0.4, -0.2) is 31.6 Å². The molecule has 1 aromatic rings. The summed E-state index contributed by atoms with van der Waals surface area (Å²) < 4.78 is 0. The van der Waals surface area contributed by atoms with Crippen molar-refractivity contribution >= 4 is 0 Å². The number of nitrogens with zero attached hydrogens (tertiary/aromatic N) is 1. The van der Waals surface area contributed by atoms with E-state index in [4.69, 9.17) is 0 Å². The number of aryl methyl sites for hydroxylation is 2. The molecule has 1 aromatic carbocycles. The SMILES string of the molecule is Cc1ccc(C(C)NCC(C(C)C)N(C)C)cc1C. The van der Waals surface area contributed by atoms with Gasteiger partial charge in [0.1, 0.15) is 0 Å². The Balaban J connectivity index is 2.63. The summed E-state index contributed by atoms with van der Waals surface area (Å²) in [6, 6.07) is 7.73. The second-order valence-electron chi connectivity index (χ2n) is 6.25. The minimum Gasteiger partial charge on any atom is -0.309 e. The highest BCUT2D eigenvalue weighted by molar-refractivity contribution is 5.31. The molecular weight excluding hydrogens is 232 g/mol. The average molecular weight is 262 g/mol. The molecule has 2 unspecified atom stereocenters. The average Bonchev–Trinajstić information content (AvgIpc) is 2.31. The largest absolute Gasteiger partial charge is 0.309 e. The number of rotatable bonds is 6. The maximum atomic E-state index is 3.67. The summed E-state index contributed by atoms with van der Waals surface area (Å²) in [5.74, 6) is 0.662. The predicted molar refractivity (Wildman–Crippen MR) is 84.6 cm³/mol. The predicted octanol–water partition coefficient (Wildman–Crippen LogP) is 3.54. The van der Waals surface area contributed by atoms with Crippen LogP contribution >= 0.6 is 0 Å². The van der Waals surface area contributed by atoms with Crippen LogP contribution in [0.25, 0.3) is 0 Å². The quantitative estimate of drug-likeness (QED) is 0.843. The topological polar surface area (TPSA) is 15.3 Å². The van der Waals surface area contributed by atoms with E-state index in [1.807, 2.05) is 0 Å². The second kappa shape index (κ2) is 7.06. The Morgan fingerprint density at radius 3 is 2.16 bits per heavy atom. The third-order valence-corrected chi connectivity index (χ3v) is 4.10. The molecule has 2 heteroatoms. The van der Waals surface area contributed by atoms with Crippen LogP contribution in [0.1, 0.15) is 43.5 Å². The summed E-state index contributed by atoms with van der Waals surface area (Å²) in [6.07, 6.45) is 0. The smallest absolute Gasteiger partial charge is 0.0292 e. The van der Waals surface area contributed by atoms with E-state index in [-0.39, 0.29) is 0 Å². The van der Waals surface area contributed by atoms with Crippen LogP contribution in [0.3, 0.4) is 0 Å². The fourth-order valence-corrected chi connectivity index (χ4v) is 2.46. The third-order valence-electron chi connectivity index (χ3n) is 4.10. The minimum atomic E-state index is 0.403. The van der Waals surface area contributed by atoms with Crippen LogP contribution < -0.4 is 5.32 Å². The molecular formula is C17H30N2. The Labute approximate surface area is 119 Å². The molecule has 1 N–H and O–H groups in total. The Morgan fingerprint density at radius 1 is 1.05 bits per heavy atom. The fraction of sp³-hybridized carbons (Fsp3) is 0.647. The summed E-state index contributed by atoms with van der Waals surface area (Å²) in [7, 11) is 4.32. The maximum absolute atomic E-state index is 3.67. The summed E-state index contributed by atoms with van der Waals surface area (Å²) in [5.41, 5.74) is 4.12. The molecule has 0 amide bonds. The molecule has 19 heavy (non-hydrogen) atoms. The lowest BCUT2D eigenvalue weighted by Gasteiger charge is -2.29. The zero-order chi connectivity index (χ0) is 14.6. The van der Waals surface area contributed by atoms with Gasteiger partial charge in [-0.2, -0.15) is 0 Å². The zero-order valence-electron chi connectivity index (χ0n) is 13.6. The first-order valence-corrected chi connectivity index (χ1v) is 7.30. The number of nitrogens with one attached hydrogen (secondary N) is 1.